The van der Waals surface area contributed by atoms with Crippen molar-refractivity contribution in [1.29, 1.82) is 0 Å². The molecule has 2 rings (SSSR count). The van der Waals surface area contributed by atoms with Crippen molar-refractivity contribution >= 4 is 21.7 Å². The Morgan fingerprint density at radius 1 is 1.22 bits per heavy atom. The number of rotatable bonds is 3. The Kier molecular flexibility index (Phi) is 3.66. The molecule has 94 valence electrons. The summed E-state index contributed by atoms with van der Waals surface area (Å²) in [5.74, 6) is 2.24. The van der Waals surface area contributed by atoms with E-state index in [9.17, 15) is 0 Å². The number of halogens is 1. The maximum atomic E-state index is 5.74. The molecule has 1 heterocycles. The first-order valence-corrected chi connectivity index (χ1v) is 5.95. The van der Waals surface area contributed by atoms with Gasteiger partial charge in [0, 0.05) is 12.3 Å². The summed E-state index contributed by atoms with van der Waals surface area (Å²) >= 11 is 3.26. The standard InChI is InChI=1S/C12H12BrN3O2/c1-17-7-3-4-8(10(5-7)18-2)12-15-6-9(13)11(14)16-12/h3-6H,1-2H3,(H2,14,15,16). The third-order valence-corrected chi connectivity index (χ3v) is 3.03. The van der Waals surface area contributed by atoms with Crippen LogP contribution in [0.1, 0.15) is 0 Å². The van der Waals surface area contributed by atoms with Crippen LogP contribution in [0.2, 0.25) is 0 Å². The molecular weight excluding hydrogens is 298 g/mol. The Morgan fingerprint density at radius 3 is 2.61 bits per heavy atom. The molecule has 0 atom stereocenters. The van der Waals surface area contributed by atoms with Gasteiger partial charge < -0.3 is 15.2 Å². The zero-order valence-electron chi connectivity index (χ0n) is 9.98. The van der Waals surface area contributed by atoms with Crippen LogP contribution < -0.4 is 15.2 Å². The summed E-state index contributed by atoms with van der Waals surface area (Å²) in [5.41, 5.74) is 6.50. The average molecular weight is 310 g/mol. The van der Waals surface area contributed by atoms with Crippen molar-refractivity contribution in [2.45, 2.75) is 0 Å². The van der Waals surface area contributed by atoms with Gasteiger partial charge in [-0.3, -0.25) is 0 Å². The molecule has 0 aliphatic carbocycles. The maximum absolute atomic E-state index is 5.74. The largest absolute Gasteiger partial charge is 0.497 e. The van der Waals surface area contributed by atoms with Crippen LogP contribution in [0.5, 0.6) is 11.5 Å². The minimum Gasteiger partial charge on any atom is -0.497 e. The second kappa shape index (κ2) is 5.22. The summed E-state index contributed by atoms with van der Waals surface area (Å²) in [4.78, 5) is 8.42. The minimum atomic E-state index is 0.387. The number of nitrogens with two attached hydrogens (primary N) is 1. The lowest BCUT2D eigenvalue weighted by Crippen LogP contribution is -1.98. The molecule has 2 aromatic rings. The van der Waals surface area contributed by atoms with Crippen LogP contribution >= 0.6 is 15.9 Å². The van der Waals surface area contributed by atoms with Crippen LogP contribution in [0.15, 0.2) is 28.9 Å². The van der Waals surface area contributed by atoms with E-state index >= 15 is 0 Å². The SMILES string of the molecule is COc1ccc(-c2ncc(Br)c(N)n2)c(OC)c1. The number of nitrogens with zero attached hydrogens (tertiary/aromatic N) is 2. The van der Waals surface area contributed by atoms with Gasteiger partial charge in [-0.25, -0.2) is 9.97 Å². The monoisotopic (exact) mass is 309 g/mol. The second-order valence-electron chi connectivity index (χ2n) is 3.49. The number of hydrogen-bond acceptors (Lipinski definition) is 5. The highest BCUT2D eigenvalue weighted by Crippen LogP contribution is 2.32. The molecule has 0 spiro atoms. The van der Waals surface area contributed by atoms with Crippen LogP contribution in [0, 0.1) is 0 Å². The van der Waals surface area contributed by atoms with Gasteiger partial charge in [0.2, 0.25) is 0 Å². The molecular formula is C12H12BrN3O2. The number of anilines is 1. The van der Waals surface area contributed by atoms with Gasteiger partial charge in [-0.1, -0.05) is 0 Å². The molecule has 0 saturated heterocycles. The fraction of sp³-hybridized carbons (Fsp3) is 0.167. The van der Waals surface area contributed by atoms with E-state index < -0.39 is 0 Å². The van der Waals surface area contributed by atoms with E-state index in [-0.39, 0.29) is 0 Å². The first-order chi connectivity index (χ1) is 8.65. The summed E-state index contributed by atoms with van der Waals surface area (Å²) in [5, 5.41) is 0. The van der Waals surface area contributed by atoms with Gasteiger partial charge in [-0.2, -0.15) is 0 Å². The molecule has 6 heteroatoms. The van der Waals surface area contributed by atoms with Crippen molar-refractivity contribution in [1.82, 2.24) is 9.97 Å². The predicted octanol–water partition coefficient (Wildman–Crippen LogP) is 2.51. The molecule has 5 nitrogen and oxygen atoms in total. The first kappa shape index (κ1) is 12.6. The molecule has 0 aliphatic rings. The van der Waals surface area contributed by atoms with Crippen molar-refractivity contribution in [3.05, 3.63) is 28.9 Å². The first-order valence-electron chi connectivity index (χ1n) is 5.16. The van der Waals surface area contributed by atoms with Gasteiger partial charge in [-0.05, 0) is 28.1 Å². The summed E-state index contributed by atoms with van der Waals surface area (Å²) < 4.78 is 11.1. The van der Waals surface area contributed by atoms with E-state index in [1.54, 1.807) is 26.5 Å². The quantitative estimate of drug-likeness (QED) is 0.943. The van der Waals surface area contributed by atoms with E-state index in [0.29, 0.717) is 27.6 Å². The van der Waals surface area contributed by atoms with Gasteiger partial charge in [-0.15, -0.1) is 0 Å². The normalized spacial score (nSPS) is 10.2. The maximum Gasteiger partial charge on any atom is 0.165 e. The fourth-order valence-corrected chi connectivity index (χ4v) is 1.68. The number of benzene rings is 1. The van der Waals surface area contributed by atoms with Crippen LogP contribution in [0.3, 0.4) is 0 Å². The van der Waals surface area contributed by atoms with Crippen molar-refractivity contribution in [3.8, 4) is 22.9 Å². The summed E-state index contributed by atoms with van der Waals surface area (Å²) in [6.07, 6.45) is 1.61. The van der Waals surface area contributed by atoms with Crippen molar-refractivity contribution < 1.29 is 9.47 Å². The van der Waals surface area contributed by atoms with Crippen molar-refractivity contribution in [2.24, 2.45) is 0 Å². The number of ether oxygens (including phenoxy) is 2. The van der Waals surface area contributed by atoms with Gasteiger partial charge in [0.15, 0.2) is 5.82 Å². The van der Waals surface area contributed by atoms with E-state index in [2.05, 4.69) is 25.9 Å². The van der Waals surface area contributed by atoms with Gasteiger partial charge in [0.05, 0.1) is 24.3 Å². The molecule has 0 amide bonds. The number of hydrogen-bond donors (Lipinski definition) is 1. The molecule has 2 N–H and O–H groups in total. The smallest absolute Gasteiger partial charge is 0.165 e. The van der Waals surface area contributed by atoms with Crippen LogP contribution in [0.25, 0.3) is 11.4 Å². The third kappa shape index (κ3) is 2.38. The highest BCUT2D eigenvalue weighted by atomic mass is 79.9. The van der Waals surface area contributed by atoms with E-state index in [0.717, 1.165) is 5.56 Å². The molecule has 0 aliphatic heterocycles. The lowest BCUT2D eigenvalue weighted by Gasteiger charge is -2.09. The Morgan fingerprint density at radius 2 is 2.00 bits per heavy atom. The lowest BCUT2D eigenvalue weighted by atomic mass is 10.1. The number of aromatic nitrogens is 2. The number of nitrogen functional groups attached to an aromatic ring is 1. The van der Waals surface area contributed by atoms with Crippen molar-refractivity contribution in [3.63, 3.8) is 0 Å². The van der Waals surface area contributed by atoms with Crippen LogP contribution in [-0.4, -0.2) is 24.2 Å². The van der Waals surface area contributed by atoms with Gasteiger partial charge >= 0.3 is 0 Å². The fourth-order valence-electron chi connectivity index (χ4n) is 1.49. The van der Waals surface area contributed by atoms with E-state index in [4.69, 9.17) is 15.2 Å². The highest BCUT2D eigenvalue weighted by Gasteiger charge is 2.11. The molecule has 0 bridgehead atoms. The molecule has 0 fully saturated rings. The average Bonchev–Trinajstić information content (AvgIpc) is 2.41. The molecule has 18 heavy (non-hydrogen) atoms. The Hall–Kier alpha value is -1.82. The highest BCUT2D eigenvalue weighted by molar-refractivity contribution is 9.10. The minimum absolute atomic E-state index is 0.387. The Labute approximate surface area is 113 Å². The summed E-state index contributed by atoms with van der Waals surface area (Å²) in [6.45, 7) is 0. The Balaban J connectivity index is 2.52. The molecule has 1 aromatic heterocycles. The van der Waals surface area contributed by atoms with Gasteiger partial charge in [0.1, 0.15) is 17.3 Å². The zero-order chi connectivity index (χ0) is 13.1. The topological polar surface area (TPSA) is 70.3 Å². The van der Waals surface area contributed by atoms with Crippen LogP contribution in [-0.2, 0) is 0 Å². The molecule has 0 saturated carbocycles. The lowest BCUT2D eigenvalue weighted by molar-refractivity contribution is 0.395. The zero-order valence-corrected chi connectivity index (χ0v) is 11.6. The molecule has 1 aromatic carbocycles. The number of methoxy groups -OCH3 is 2. The molecule has 0 radical (unpaired) electrons. The van der Waals surface area contributed by atoms with E-state index in [1.165, 1.54) is 0 Å². The third-order valence-electron chi connectivity index (χ3n) is 2.42. The Bertz CT molecular complexity index is 575. The molecule has 0 unspecified atom stereocenters. The van der Waals surface area contributed by atoms with Crippen molar-refractivity contribution in [2.75, 3.05) is 20.0 Å². The summed E-state index contributed by atoms with van der Waals surface area (Å²) in [6, 6.07) is 5.43. The van der Waals surface area contributed by atoms with Crippen LogP contribution in [0.4, 0.5) is 5.82 Å². The second-order valence-corrected chi connectivity index (χ2v) is 4.35. The van der Waals surface area contributed by atoms with E-state index in [1.807, 2.05) is 12.1 Å². The van der Waals surface area contributed by atoms with Gasteiger partial charge in [0.25, 0.3) is 0 Å². The summed E-state index contributed by atoms with van der Waals surface area (Å²) in [7, 11) is 3.18. The predicted molar refractivity (Wildman–Crippen MR) is 72.7 cm³/mol.